The van der Waals surface area contributed by atoms with Gasteiger partial charge in [0.2, 0.25) is 10.0 Å². The van der Waals surface area contributed by atoms with Gasteiger partial charge in [-0.1, -0.05) is 36.4 Å². The van der Waals surface area contributed by atoms with Crippen LogP contribution in [0.25, 0.3) is 0 Å². The first-order valence-electron chi connectivity index (χ1n) is 9.00. The van der Waals surface area contributed by atoms with E-state index < -0.39 is 16.1 Å². The molecule has 2 N–H and O–H groups in total. The highest BCUT2D eigenvalue weighted by atomic mass is 32.2. The van der Waals surface area contributed by atoms with E-state index in [0.29, 0.717) is 12.2 Å². The normalized spacial score (nSPS) is 11.2. The molecule has 0 aliphatic rings. The molecule has 3 rings (SSSR count). The third-order valence-electron chi connectivity index (χ3n) is 4.22. The minimum atomic E-state index is -3.63. The van der Waals surface area contributed by atoms with Gasteiger partial charge in [0, 0.05) is 25.5 Å². The number of sulfonamides is 1. The van der Waals surface area contributed by atoms with Crippen LogP contribution in [0.3, 0.4) is 0 Å². The summed E-state index contributed by atoms with van der Waals surface area (Å²) >= 11 is 0. The maximum absolute atomic E-state index is 12.7. The van der Waals surface area contributed by atoms with E-state index in [4.69, 9.17) is 0 Å². The maximum atomic E-state index is 12.7. The van der Waals surface area contributed by atoms with Crippen molar-refractivity contribution in [2.75, 3.05) is 12.4 Å². The third-order valence-corrected chi connectivity index (χ3v) is 6.04. The van der Waals surface area contributed by atoms with Gasteiger partial charge in [-0.05, 0) is 42.0 Å². The van der Waals surface area contributed by atoms with E-state index >= 15 is 0 Å². The molecule has 29 heavy (non-hydrogen) atoms. The standard InChI is InChI=1S/C21H22N4O3S/c1-25(16-17-7-3-2-4-8-17)29(27,28)20-12-10-18(11-13-20)24-21(26)23-15-19-9-5-6-14-22-19/h2-14H,15-16H2,1H3,(H2,23,24,26). The average Bonchev–Trinajstić information content (AvgIpc) is 2.74. The van der Waals surface area contributed by atoms with Crippen molar-refractivity contribution < 1.29 is 13.2 Å². The summed E-state index contributed by atoms with van der Waals surface area (Å²) in [5, 5.41) is 5.37. The predicted octanol–water partition coefficient (Wildman–Crippen LogP) is 3.22. The quantitative estimate of drug-likeness (QED) is 0.626. The van der Waals surface area contributed by atoms with Crippen molar-refractivity contribution in [1.29, 1.82) is 0 Å². The molecule has 0 unspecified atom stereocenters. The summed E-state index contributed by atoms with van der Waals surface area (Å²) in [6.45, 7) is 0.572. The molecule has 0 bridgehead atoms. The van der Waals surface area contributed by atoms with Crippen molar-refractivity contribution in [2.45, 2.75) is 18.0 Å². The number of hydrogen-bond acceptors (Lipinski definition) is 4. The lowest BCUT2D eigenvalue weighted by Gasteiger charge is -2.17. The molecule has 0 aliphatic heterocycles. The number of amides is 2. The summed E-state index contributed by atoms with van der Waals surface area (Å²) in [7, 11) is -2.09. The Morgan fingerprint density at radius 3 is 2.31 bits per heavy atom. The monoisotopic (exact) mass is 410 g/mol. The average molecular weight is 410 g/mol. The van der Waals surface area contributed by atoms with Gasteiger partial charge in [-0.25, -0.2) is 13.2 Å². The molecule has 0 saturated heterocycles. The second kappa shape index (κ2) is 9.31. The van der Waals surface area contributed by atoms with Gasteiger partial charge < -0.3 is 10.6 Å². The van der Waals surface area contributed by atoms with Gasteiger partial charge in [0.05, 0.1) is 17.1 Å². The number of hydrogen-bond donors (Lipinski definition) is 2. The Balaban J connectivity index is 1.59. The molecule has 8 heteroatoms. The highest BCUT2D eigenvalue weighted by molar-refractivity contribution is 7.89. The van der Waals surface area contributed by atoms with E-state index in [0.717, 1.165) is 11.3 Å². The molecular formula is C21H22N4O3S. The van der Waals surface area contributed by atoms with Crippen molar-refractivity contribution in [2.24, 2.45) is 0 Å². The van der Waals surface area contributed by atoms with Crippen LogP contribution >= 0.6 is 0 Å². The summed E-state index contributed by atoms with van der Waals surface area (Å²) in [6, 6.07) is 20.5. The van der Waals surface area contributed by atoms with Crippen LogP contribution < -0.4 is 10.6 Å². The minimum absolute atomic E-state index is 0.162. The molecule has 2 aromatic carbocycles. The van der Waals surface area contributed by atoms with Crippen LogP contribution in [0.4, 0.5) is 10.5 Å². The number of benzene rings is 2. The van der Waals surface area contributed by atoms with Crippen molar-refractivity contribution in [3.63, 3.8) is 0 Å². The summed E-state index contributed by atoms with van der Waals surface area (Å²) in [4.78, 5) is 16.3. The summed E-state index contributed by atoms with van der Waals surface area (Å²) in [6.07, 6.45) is 1.66. The Morgan fingerprint density at radius 2 is 1.66 bits per heavy atom. The van der Waals surface area contributed by atoms with Crippen LogP contribution in [-0.2, 0) is 23.1 Å². The highest BCUT2D eigenvalue weighted by Gasteiger charge is 2.20. The Kier molecular flexibility index (Phi) is 6.58. The van der Waals surface area contributed by atoms with E-state index in [1.807, 2.05) is 42.5 Å². The largest absolute Gasteiger partial charge is 0.332 e. The van der Waals surface area contributed by atoms with Gasteiger partial charge >= 0.3 is 6.03 Å². The number of pyridine rings is 1. The summed E-state index contributed by atoms with van der Waals surface area (Å²) < 4.78 is 26.8. The molecule has 7 nitrogen and oxygen atoms in total. The lowest BCUT2D eigenvalue weighted by molar-refractivity contribution is 0.251. The number of aromatic nitrogens is 1. The molecule has 0 atom stereocenters. The first-order chi connectivity index (χ1) is 13.9. The molecule has 0 saturated carbocycles. The number of nitrogens with one attached hydrogen (secondary N) is 2. The number of anilines is 1. The van der Waals surface area contributed by atoms with E-state index in [2.05, 4.69) is 15.6 Å². The minimum Gasteiger partial charge on any atom is -0.332 e. The van der Waals surface area contributed by atoms with Crippen molar-refractivity contribution in [1.82, 2.24) is 14.6 Å². The SMILES string of the molecule is CN(Cc1ccccc1)S(=O)(=O)c1ccc(NC(=O)NCc2ccccn2)cc1. The first-order valence-corrected chi connectivity index (χ1v) is 10.4. The number of rotatable bonds is 7. The fourth-order valence-electron chi connectivity index (χ4n) is 2.66. The second-order valence-corrected chi connectivity index (χ2v) is 8.44. The Labute approximate surface area is 170 Å². The Bertz CT molecular complexity index is 1040. The zero-order valence-electron chi connectivity index (χ0n) is 15.9. The Morgan fingerprint density at radius 1 is 0.966 bits per heavy atom. The van der Waals surface area contributed by atoms with Crippen LogP contribution in [0.5, 0.6) is 0 Å². The molecule has 2 amide bonds. The fourth-order valence-corrected chi connectivity index (χ4v) is 3.82. The topological polar surface area (TPSA) is 91.4 Å². The molecule has 150 valence electrons. The van der Waals surface area contributed by atoms with E-state index in [1.54, 1.807) is 31.4 Å². The van der Waals surface area contributed by atoms with Gasteiger partial charge in [-0.2, -0.15) is 4.31 Å². The molecule has 1 heterocycles. The molecular weight excluding hydrogens is 388 g/mol. The van der Waals surface area contributed by atoms with Crippen LogP contribution in [0.2, 0.25) is 0 Å². The van der Waals surface area contributed by atoms with Gasteiger partial charge in [0.1, 0.15) is 0 Å². The lowest BCUT2D eigenvalue weighted by Crippen LogP contribution is -2.28. The molecule has 1 aromatic heterocycles. The molecule has 0 fully saturated rings. The van der Waals surface area contributed by atoms with Crippen molar-refractivity contribution in [3.05, 3.63) is 90.3 Å². The van der Waals surface area contributed by atoms with E-state index in [1.165, 1.54) is 16.4 Å². The molecule has 3 aromatic rings. The zero-order chi connectivity index (χ0) is 20.7. The van der Waals surface area contributed by atoms with Gasteiger partial charge in [-0.3, -0.25) is 4.98 Å². The summed E-state index contributed by atoms with van der Waals surface area (Å²) in [5.74, 6) is 0. The van der Waals surface area contributed by atoms with Crippen LogP contribution in [0, 0.1) is 0 Å². The zero-order valence-corrected chi connectivity index (χ0v) is 16.8. The van der Waals surface area contributed by atoms with Crippen LogP contribution in [0.1, 0.15) is 11.3 Å². The van der Waals surface area contributed by atoms with E-state index in [-0.39, 0.29) is 11.4 Å². The maximum Gasteiger partial charge on any atom is 0.319 e. The molecule has 0 spiro atoms. The Hall–Kier alpha value is -3.23. The van der Waals surface area contributed by atoms with Crippen molar-refractivity contribution in [3.8, 4) is 0 Å². The number of urea groups is 1. The fraction of sp³-hybridized carbons (Fsp3) is 0.143. The van der Waals surface area contributed by atoms with Gasteiger partial charge in [0.25, 0.3) is 0 Å². The number of carbonyl (C=O) groups excluding carboxylic acids is 1. The molecule has 0 aliphatic carbocycles. The number of nitrogens with zero attached hydrogens (tertiary/aromatic N) is 2. The van der Waals surface area contributed by atoms with E-state index in [9.17, 15) is 13.2 Å². The first kappa shape index (κ1) is 20.5. The van der Waals surface area contributed by atoms with Gasteiger partial charge in [0.15, 0.2) is 0 Å². The van der Waals surface area contributed by atoms with Crippen molar-refractivity contribution >= 4 is 21.7 Å². The molecule has 0 radical (unpaired) electrons. The predicted molar refractivity (Wildman–Crippen MR) is 112 cm³/mol. The third kappa shape index (κ3) is 5.63. The van der Waals surface area contributed by atoms with Crippen LogP contribution in [-0.4, -0.2) is 30.8 Å². The lowest BCUT2D eigenvalue weighted by atomic mass is 10.2. The summed E-state index contributed by atoms with van der Waals surface area (Å²) in [5.41, 5.74) is 2.14. The second-order valence-electron chi connectivity index (χ2n) is 6.40. The van der Waals surface area contributed by atoms with Crippen LogP contribution in [0.15, 0.2) is 83.9 Å². The number of carbonyl (C=O) groups is 1. The van der Waals surface area contributed by atoms with Gasteiger partial charge in [-0.15, -0.1) is 0 Å². The smallest absolute Gasteiger partial charge is 0.319 e. The highest BCUT2D eigenvalue weighted by Crippen LogP contribution is 2.19.